The first-order chi connectivity index (χ1) is 8.25. The molecule has 2 heterocycles. The summed E-state index contributed by atoms with van der Waals surface area (Å²) in [5.74, 6) is 0.555. The molecule has 0 unspecified atom stereocenters. The van der Waals surface area contributed by atoms with Crippen molar-refractivity contribution in [2.45, 2.75) is 0 Å². The minimum Gasteiger partial charge on any atom is -0.366 e. The number of nitrogens with two attached hydrogens (primary N) is 1. The maximum Gasteiger partial charge on any atom is 0.273 e. The van der Waals surface area contributed by atoms with Crippen molar-refractivity contribution in [3.05, 3.63) is 35.5 Å². The summed E-state index contributed by atoms with van der Waals surface area (Å²) in [5.41, 5.74) is 7.02. The molecule has 2 N–H and O–H groups in total. The van der Waals surface area contributed by atoms with Crippen LogP contribution in [0.15, 0.2) is 30.5 Å². The van der Waals surface area contributed by atoms with Gasteiger partial charge in [0.05, 0.1) is 11.2 Å². The molecule has 0 saturated carbocycles. The smallest absolute Gasteiger partial charge is 0.273 e. The van der Waals surface area contributed by atoms with Crippen molar-refractivity contribution in [2.75, 3.05) is 5.73 Å². The van der Waals surface area contributed by atoms with Crippen LogP contribution < -0.4 is 5.73 Å². The quantitative estimate of drug-likeness (QED) is 0.702. The Morgan fingerprint density at radius 1 is 1.18 bits per heavy atom. The molecule has 0 aliphatic carbocycles. The van der Waals surface area contributed by atoms with E-state index in [0.717, 1.165) is 5.56 Å². The lowest BCUT2D eigenvalue weighted by Crippen LogP contribution is -2.01. The maximum absolute atomic E-state index is 6.08. The number of hydrogen-bond acceptors (Lipinski definition) is 5. The SMILES string of the molecule is Nc1nnc2ncc(-c3ccccc3Cl)nn12. The van der Waals surface area contributed by atoms with E-state index in [2.05, 4.69) is 20.3 Å². The zero-order chi connectivity index (χ0) is 11.8. The van der Waals surface area contributed by atoms with Gasteiger partial charge in [0.15, 0.2) is 0 Å². The monoisotopic (exact) mass is 246 g/mol. The number of rotatable bonds is 1. The summed E-state index contributed by atoms with van der Waals surface area (Å²) >= 11 is 6.08. The van der Waals surface area contributed by atoms with E-state index in [1.54, 1.807) is 12.3 Å². The third-order valence-electron chi connectivity index (χ3n) is 2.31. The number of fused-ring (bicyclic) bond motifs is 1. The minimum absolute atomic E-state index is 0.196. The first-order valence-corrected chi connectivity index (χ1v) is 5.22. The molecule has 6 nitrogen and oxygen atoms in total. The van der Waals surface area contributed by atoms with Crippen molar-refractivity contribution in [1.82, 2.24) is 24.8 Å². The summed E-state index contributed by atoms with van der Waals surface area (Å²) in [6.07, 6.45) is 1.59. The molecule has 2 aromatic heterocycles. The van der Waals surface area contributed by atoms with Crippen LogP contribution in [0.5, 0.6) is 0 Å². The first-order valence-electron chi connectivity index (χ1n) is 4.84. The Morgan fingerprint density at radius 2 is 2.00 bits per heavy atom. The van der Waals surface area contributed by atoms with Crippen molar-refractivity contribution in [3.8, 4) is 11.3 Å². The highest BCUT2D eigenvalue weighted by Gasteiger charge is 2.09. The number of nitrogen functional groups attached to an aromatic ring is 1. The summed E-state index contributed by atoms with van der Waals surface area (Å²) in [6, 6.07) is 7.38. The van der Waals surface area contributed by atoms with E-state index in [1.807, 2.05) is 18.2 Å². The Kier molecular flexibility index (Phi) is 2.15. The molecule has 0 bridgehead atoms. The summed E-state index contributed by atoms with van der Waals surface area (Å²) in [7, 11) is 0. The lowest BCUT2D eigenvalue weighted by Gasteiger charge is -2.02. The molecule has 0 amide bonds. The minimum atomic E-state index is 0.196. The molecule has 0 saturated heterocycles. The number of halogens is 1. The molecule has 0 aliphatic heterocycles. The molecule has 0 aliphatic rings. The molecule has 1 aromatic carbocycles. The van der Waals surface area contributed by atoms with Gasteiger partial charge in [0.25, 0.3) is 5.78 Å². The number of nitrogens with zero attached hydrogens (tertiary/aromatic N) is 5. The molecule has 0 radical (unpaired) electrons. The van der Waals surface area contributed by atoms with Crippen molar-refractivity contribution in [2.24, 2.45) is 0 Å². The second-order valence-corrected chi connectivity index (χ2v) is 3.80. The van der Waals surface area contributed by atoms with Gasteiger partial charge in [0.2, 0.25) is 5.95 Å². The van der Waals surface area contributed by atoms with Crippen LogP contribution in [0.25, 0.3) is 17.0 Å². The van der Waals surface area contributed by atoms with Gasteiger partial charge in [0.1, 0.15) is 5.69 Å². The van der Waals surface area contributed by atoms with Gasteiger partial charge in [-0.15, -0.1) is 10.2 Å². The fraction of sp³-hybridized carbons (Fsp3) is 0. The zero-order valence-electron chi connectivity index (χ0n) is 8.58. The molecule has 17 heavy (non-hydrogen) atoms. The Balaban J connectivity index is 2.24. The van der Waals surface area contributed by atoms with E-state index in [1.165, 1.54) is 4.52 Å². The van der Waals surface area contributed by atoms with Crippen LogP contribution in [-0.2, 0) is 0 Å². The molecular formula is C10H7ClN6. The fourth-order valence-electron chi connectivity index (χ4n) is 1.50. The highest BCUT2D eigenvalue weighted by Crippen LogP contribution is 2.25. The van der Waals surface area contributed by atoms with E-state index >= 15 is 0 Å². The van der Waals surface area contributed by atoms with Crippen molar-refractivity contribution in [3.63, 3.8) is 0 Å². The predicted molar refractivity (Wildman–Crippen MR) is 63.4 cm³/mol. The molecule has 3 rings (SSSR count). The average molecular weight is 247 g/mol. The lowest BCUT2D eigenvalue weighted by atomic mass is 10.2. The number of anilines is 1. The lowest BCUT2D eigenvalue weighted by molar-refractivity contribution is 0.916. The van der Waals surface area contributed by atoms with Crippen LogP contribution in [0.3, 0.4) is 0 Å². The van der Waals surface area contributed by atoms with Gasteiger partial charge in [-0.25, -0.2) is 4.98 Å². The predicted octanol–water partition coefficient (Wildman–Crippen LogP) is 1.42. The van der Waals surface area contributed by atoms with Crippen molar-refractivity contribution < 1.29 is 0 Å². The third-order valence-corrected chi connectivity index (χ3v) is 2.64. The van der Waals surface area contributed by atoms with Crippen LogP contribution in [0.2, 0.25) is 5.02 Å². The highest BCUT2D eigenvalue weighted by molar-refractivity contribution is 6.33. The normalized spacial score (nSPS) is 10.9. The Labute approximate surface area is 101 Å². The van der Waals surface area contributed by atoms with E-state index in [-0.39, 0.29) is 5.95 Å². The second-order valence-electron chi connectivity index (χ2n) is 3.39. The van der Waals surface area contributed by atoms with E-state index < -0.39 is 0 Å². The summed E-state index contributed by atoms with van der Waals surface area (Å²) in [5, 5.41) is 12.3. The molecule has 84 valence electrons. The van der Waals surface area contributed by atoms with Crippen molar-refractivity contribution >= 4 is 23.3 Å². The maximum atomic E-state index is 6.08. The largest absolute Gasteiger partial charge is 0.366 e. The Hall–Kier alpha value is -2.21. The standard InChI is InChI=1S/C10H7ClN6/c11-7-4-2-1-3-6(7)8-5-13-10-15-14-9(12)17(10)16-8/h1-5H,(H2,12,14). The molecule has 0 fully saturated rings. The van der Waals surface area contributed by atoms with Gasteiger partial charge < -0.3 is 5.73 Å². The van der Waals surface area contributed by atoms with Crippen LogP contribution in [0.4, 0.5) is 5.95 Å². The fourth-order valence-corrected chi connectivity index (χ4v) is 1.74. The molecular weight excluding hydrogens is 240 g/mol. The summed E-state index contributed by atoms with van der Waals surface area (Å²) in [6.45, 7) is 0. The van der Waals surface area contributed by atoms with Gasteiger partial charge in [0, 0.05) is 5.56 Å². The zero-order valence-corrected chi connectivity index (χ0v) is 9.33. The second kappa shape index (κ2) is 3.67. The Bertz CT molecular complexity index is 692. The summed E-state index contributed by atoms with van der Waals surface area (Å²) in [4.78, 5) is 4.11. The van der Waals surface area contributed by atoms with Crippen LogP contribution in [-0.4, -0.2) is 24.8 Å². The van der Waals surface area contributed by atoms with Gasteiger partial charge in [-0.05, 0) is 6.07 Å². The molecule has 7 heteroatoms. The van der Waals surface area contributed by atoms with Gasteiger partial charge >= 0.3 is 0 Å². The average Bonchev–Trinajstić information content (AvgIpc) is 2.71. The highest BCUT2D eigenvalue weighted by atomic mass is 35.5. The molecule has 3 aromatic rings. The number of benzene rings is 1. The summed E-state index contributed by atoms with van der Waals surface area (Å²) < 4.78 is 1.37. The van der Waals surface area contributed by atoms with Gasteiger partial charge in [-0.3, -0.25) is 0 Å². The topological polar surface area (TPSA) is 82.0 Å². The van der Waals surface area contributed by atoms with Crippen molar-refractivity contribution in [1.29, 1.82) is 0 Å². The molecule has 0 atom stereocenters. The van der Waals surface area contributed by atoms with E-state index in [0.29, 0.717) is 16.5 Å². The number of hydrogen-bond donors (Lipinski definition) is 1. The third kappa shape index (κ3) is 1.58. The van der Waals surface area contributed by atoms with Crippen LogP contribution in [0.1, 0.15) is 0 Å². The van der Waals surface area contributed by atoms with Gasteiger partial charge in [-0.2, -0.15) is 9.61 Å². The first kappa shape index (κ1) is 9.98. The number of aromatic nitrogens is 5. The molecule has 0 spiro atoms. The van der Waals surface area contributed by atoms with Crippen LogP contribution in [0, 0.1) is 0 Å². The van der Waals surface area contributed by atoms with Gasteiger partial charge in [-0.1, -0.05) is 29.8 Å². The van der Waals surface area contributed by atoms with Crippen LogP contribution >= 0.6 is 11.6 Å². The van der Waals surface area contributed by atoms with E-state index in [4.69, 9.17) is 17.3 Å². The Morgan fingerprint density at radius 3 is 2.82 bits per heavy atom. The van der Waals surface area contributed by atoms with E-state index in [9.17, 15) is 0 Å².